The number of nitrogens with one attached hydrogen (secondary N) is 2. The van der Waals surface area contributed by atoms with Crippen molar-refractivity contribution in [1.82, 2.24) is 15.5 Å². The van der Waals surface area contributed by atoms with Crippen molar-refractivity contribution in [3.63, 3.8) is 0 Å². The first-order valence-electron chi connectivity index (χ1n) is 10.5. The van der Waals surface area contributed by atoms with Gasteiger partial charge in [-0.25, -0.2) is 4.39 Å². The molecule has 0 aliphatic carbocycles. The minimum Gasteiger partial charge on any atom is -0.394 e. The highest BCUT2D eigenvalue weighted by Crippen LogP contribution is 2.22. The third kappa shape index (κ3) is 6.46. The Morgan fingerprint density at radius 3 is 2.70 bits per heavy atom. The topological polar surface area (TPSA) is 100 Å². The summed E-state index contributed by atoms with van der Waals surface area (Å²) in [6.45, 7) is 3.42. The molecule has 2 aliphatic rings. The van der Waals surface area contributed by atoms with Crippen LogP contribution in [-0.4, -0.2) is 86.1 Å². The number of carbonyl (C=O) groups excluding carboxylic acids is 2. The first-order chi connectivity index (χ1) is 14.6. The van der Waals surface area contributed by atoms with Crippen LogP contribution in [0.4, 0.5) is 4.39 Å². The number of hydrogen-bond acceptors (Lipinski definition) is 6. The third-order valence-electron chi connectivity index (χ3n) is 5.49. The van der Waals surface area contributed by atoms with E-state index in [9.17, 15) is 19.1 Å². The van der Waals surface area contributed by atoms with E-state index in [1.165, 1.54) is 18.2 Å². The number of halogens is 1. The van der Waals surface area contributed by atoms with Crippen molar-refractivity contribution in [3.8, 4) is 0 Å². The summed E-state index contributed by atoms with van der Waals surface area (Å²) >= 11 is 0. The second-order valence-electron chi connectivity index (χ2n) is 7.64. The van der Waals surface area contributed by atoms with E-state index >= 15 is 0 Å². The van der Waals surface area contributed by atoms with E-state index in [1.54, 1.807) is 6.07 Å². The number of rotatable bonds is 8. The fourth-order valence-corrected chi connectivity index (χ4v) is 3.79. The second kappa shape index (κ2) is 11.4. The van der Waals surface area contributed by atoms with Crippen molar-refractivity contribution < 1.29 is 28.6 Å². The highest BCUT2D eigenvalue weighted by Gasteiger charge is 2.32. The number of aliphatic hydroxyl groups is 1. The highest BCUT2D eigenvalue weighted by atomic mass is 19.1. The molecule has 2 aliphatic heterocycles. The smallest absolute Gasteiger partial charge is 0.254 e. The molecule has 166 valence electrons. The number of hydrogen-bond donors (Lipinski definition) is 3. The Hall–Kier alpha value is -2.07. The van der Waals surface area contributed by atoms with Crippen LogP contribution < -0.4 is 10.6 Å². The fourth-order valence-electron chi connectivity index (χ4n) is 3.79. The number of ether oxygens (including phenoxy) is 2. The Morgan fingerprint density at radius 1 is 1.20 bits per heavy atom. The minimum atomic E-state index is -0.585. The first-order valence-corrected chi connectivity index (χ1v) is 10.5. The van der Waals surface area contributed by atoms with Crippen LogP contribution in [0.15, 0.2) is 24.3 Å². The van der Waals surface area contributed by atoms with Gasteiger partial charge < -0.3 is 25.2 Å². The monoisotopic (exact) mass is 423 g/mol. The van der Waals surface area contributed by atoms with E-state index in [0.29, 0.717) is 45.6 Å². The highest BCUT2D eigenvalue weighted by molar-refractivity contribution is 5.94. The van der Waals surface area contributed by atoms with Crippen LogP contribution in [0, 0.1) is 5.82 Å². The van der Waals surface area contributed by atoms with Crippen LogP contribution in [-0.2, 0) is 14.3 Å². The zero-order valence-corrected chi connectivity index (χ0v) is 17.0. The van der Waals surface area contributed by atoms with Crippen molar-refractivity contribution in [2.45, 2.75) is 37.5 Å². The zero-order valence-electron chi connectivity index (χ0n) is 17.0. The van der Waals surface area contributed by atoms with Gasteiger partial charge in [0.2, 0.25) is 5.91 Å². The molecule has 2 saturated heterocycles. The van der Waals surface area contributed by atoms with Gasteiger partial charge in [0.15, 0.2) is 0 Å². The molecule has 0 bridgehead atoms. The molecule has 0 unspecified atom stereocenters. The molecule has 8 nitrogen and oxygen atoms in total. The second-order valence-corrected chi connectivity index (χ2v) is 7.64. The van der Waals surface area contributed by atoms with Gasteiger partial charge in [-0.15, -0.1) is 0 Å². The molecule has 0 spiro atoms. The Morgan fingerprint density at radius 2 is 1.97 bits per heavy atom. The van der Waals surface area contributed by atoms with Gasteiger partial charge in [0.1, 0.15) is 11.9 Å². The number of aliphatic hydroxyl groups excluding tert-OH is 1. The molecular weight excluding hydrogens is 393 g/mol. The molecule has 3 rings (SSSR count). The molecule has 9 heteroatoms. The van der Waals surface area contributed by atoms with E-state index < -0.39 is 23.9 Å². The van der Waals surface area contributed by atoms with Gasteiger partial charge in [-0.05, 0) is 31.4 Å². The number of nitrogens with zero attached hydrogens (tertiary/aromatic N) is 1. The van der Waals surface area contributed by atoms with Crippen LogP contribution in [0.2, 0.25) is 0 Å². The molecule has 0 radical (unpaired) electrons. The van der Waals surface area contributed by atoms with Crippen molar-refractivity contribution in [2.24, 2.45) is 0 Å². The SMILES string of the molecule is O=C(CN1CCOCC1)NCC[C@@H]1CC[C@H](NC(=O)c2ccccc2F)[C@@H](CO)O1. The normalized spacial score (nSPS) is 24.9. The summed E-state index contributed by atoms with van der Waals surface area (Å²) < 4.78 is 25.0. The lowest BCUT2D eigenvalue weighted by Gasteiger charge is -2.36. The Balaban J connectivity index is 1.40. The fraction of sp³-hybridized carbons (Fsp3) is 0.619. The molecule has 3 N–H and O–H groups in total. The molecule has 2 amide bonds. The molecule has 2 heterocycles. The molecule has 3 atom stereocenters. The van der Waals surface area contributed by atoms with E-state index in [-0.39, 0.29) is 24.2 Å². The van der Waals surface area contributed by atoms with Crippen molar-refractivity contribution in [3.05, 3.63) is 35.6 Å². The average molecular weight is 423 g/mol. The molecule has 1 aromatic carbocycles. The zero-order chi connectivity index (χ0) is 21.3. The largest absolute Gasteiger partial charge is 0.394 e. The van der Waals surface area contributed by atoms with Crippen LogP contribution in [0.3, 0.4) is 0 Å². The number of benzene rings is 1. The predicted octanol–water partition coefficient (Wildman–Crippen LogP) is 0.303. The number of carbonyl (C=O) groups is 2. The molecule has 0 aromatic heterocycles. The van der Waals surface area contributed by atoms with E-state index in [4.69, 9.17) is 9.47 Å². The maximum Gasteiger partial charge on any atom is 0.254 e. The summed E-state index contributed by atoms with van der Waals surface area (Å²) in [5, 5.41) is 15.4. The summed E-state index contributed by atoms with van der Waals surface area (Å²) in [6, 6.07) is 5.39. The molecule has 0 saturated carbocycles. The third-order valence-corrected chi connectivity index (χ3v) is 5.49. The summed E-state index contributed by atoms with van der Waals surface area (Å²) in [7, 11) is 0. The quantitative estimate of drug-likeness (QED) is 0.556. The van der Waals surface area contributed by atoms with E-state index in [1.807, 2.05) is 0 Å². The summed E-state index contributed by atoms with van der Waals surface area (Å²) in [4.78, 5) is 26.5. The lowest BCUT2D eigenvalue weighted by atomic mass is 9.96. The standard InChI is InChI=1S/C21H30FN3O5/c22-17-4-2-1-3-16(17)21(28)24-18-6-5-15(30-19(18)14-26)7-8-23-20(27)13-25-9-11-29-12-10-25/h1-4,15,18-19,26H,5-14H2,(H,23,27)(H,24,28)/t15-,18-,19+/m0/s1. The van der Waals surface area contributed by atoms with Crippen LogP contribution in [0.25, 0.3) is 0 Å². The number of morpholine rings is 1. The molecular formula is C21H30FN3O5. The maximum absolute atomic E-state index is 13.8. The Bertz CT molecular complexity index is 714. The lowest BCUT2D eigenvalue weighted by molar-refractivity contribution is -0.123. The van der Waals surface area contributed by atoms with E-state index in [0.717, 1.165) is 13.1 Å². The predicted molar refractivity (Wildman–Crippen MR) is 108 cm³/mol. The van der Waals surface area contributed by atoms with Gasteiger partial charge in [0, 0.05) is 19.6 Å². The Kier molecular flexibility index (Phi) is 8.56. The van der Waals surface area contributed by atoms with Crippen LogP contribution in [0.1, 0.15) is 29.6 Å². The molecule has 1 aromatic rings. The van der Waals surface area contributed by atoms with Gasteiger partial charge in [-0.3, -0.25) is 14.5 Å². The van der Waals surface area contributed by atoms with Crippen molar-refractivity contribution in [2.75, 3.05) is 46.0 Å². The van der Waals surface area contributed by atoms with Gasteiger partial charge in [-0.1, -0.05) is 12.1 Å². The van der Waals surface area contributed by atoms with Crippen LogP contribution >= 0.6 is 0 Å². The van der Waals surface area contributed by atoms with Gasteiger partial charge >= 0.3 is 0 Å². The minimum absolute atomic E-state index is 0.0264. The summed E-state index contributed by atoms with van der Waals surface area (Å²) in [6.07, 6.45) is 1.23. The van der Waals surface area contributed by atoms with Crippen molar-refractivity contribution >= 4 is 11.8 Å². The maximum atomic E-state index is 13.8. The van der Waals surface area contributed by atoms with Gasteiger partial charge in [0.05, 0.1) is 44.1 Å². The molecule has 30 heavy (non-hydrogen) atoms. The summed E-state index contributed by atoms with van der Waals surface area (Å²) in [5.74, 6) is -1.13. The number of amides is 2. The van der Waals surface area contributed by atoms with Crippen LogP contribution in [0.5, 0.6) is 0 Å². The average Bonchev–Trinajstić information content (AvgIpc) is 2.75. The lowest BCUT2D eigenvalue weighted by Crippen LogP contribution is -2.51. The van der Waals surface area contributed by atoms with Crippen molar-refractivity contribution in [1.29, 1.82) is 0 Å². The summed E-state index contributed by atoms with van der Waals surface area (Å²) in [5.41, 5.74) is -0.0284. The van der Waals surface area contributed by atoms with Gasteiger partial charge in [0.25, 0.3) is 5.91 Å². The Labute approximate surface area is 175 Å². The first kappa shape index (κ1) is 22.6. The molecule has 2 fully saturated rings. The van der Waals surface area contributed by atoms with E-state index in [2.05, 4.69) is 15.5 Å². The van der Waals surface area contributed by atoms with Gasteiger partial charge in [-0.2, -0.15) is 0 Å².